The molecule has 0 aliphatic carbocycles. The Hall–Kier alpha value is -1.39. The molecule has 0 amide bonds. The van der Waals surface area contributed by atoms with E-state index >= 15 is 0 Å². The predicted octanol–water partition coefficient (Wildman–Crippen LogP) is 1.92. The van der Waals surface area contributed by atoms with Crippen molar-refractivity contribution in [1.29, 1.82) is 0 Å². The summed E-state index contributed by atoms with van der Waals surface area (Å²) < 4.78 is 2.23. The maximum Gasteiger partial charge on any atom is 0.123 e. The van der Waals surface area contributed by atoms with Crippen LogP contribution in [0.1, 0.15) is 26.1 Å². The number of nitrogens with zero attached hydrogens (tertiary/aromatic N) is 2. The van der Waals surface area contributed by atoms with Gasteiger partial charge in [0.15, 0.2) is 0 Å². The van der Waals surface area contributed by atoms with Crippen LogP contribution in [0.15, 0.2) is 24.3 Å². The summed E-state index contributed by atoms with van der Waals surface area (Å²) in [6, 6.07) is 8.20. The molecule has 98 valence electrons. The van der Waals surface area contributed by atoms with Crippen molar-refractivity contribution < 1.29 is 5.11 Å². The molecule has 18 heavy (non-hydrogen) atoms. The van der Waals surface area contributed by atoms with E-state index in [1.54, 1.807) is 0 Å². The van der Waals surface area contributed by atoms with Gasteiger partial charge in [-0.1, -0.05) is 12.1 Å². The molecule has 0 saturated heterocycles. The van der Waals surface area contributed by atoms with Crippen molar-refractivity contribution in [3.63, 3.8) is 0 Å². The van der Waals surface area contributed by atoms with Crippen LogP contribution in [0.5, 0.6) is 0 Å². The highest BCUT2D eigenvalue weighted by Crippen LogP contribution is 2.15. The van der Waals surface area contributed by atoms with Crippen LogP contribution in [0.3, 0.4) is 0 Å². The van der Waals surface area contributed by atoms with Crippen molar-refractivity contribution in [2.75, 3.05) is 6.54 Å². The summed E-state index contributed by atoms with van der Waals surface area (Å²) in [5, 5.41) is 12.5. The number of hydrogen-bond acceptors (Lipinski definition) is 3. The molecule has 0 aliphatic rings. The summed E-state index contributed by atoms with van der Waals surface area (Å²) in [5.41, 5.74) is 2.24. The molecule has 2 rings (SSSR count). The van der Waals surface area contributed by atoms with Crippen molar-refractivity contribution in [1.82, 2.24) is 14.9 Å². The average Bonchev–Trinajstić information content (AvgIpc) is 2.71. The third-order valence-electron chi connectivity index (χ3n) is 3.07. The number of fused-ring (bicyclic) bond motifs is 1. The first-order valence-corrected chi connectivity index (χ1v) is 6.55. The summed E-state index contributed by atoms with van der Waals surface area (Å²) in [7, 11) is 0. The third kappa shape index (κ3) is 2.89. The topological polar surface area (TPSA) is 50.1 Å². The van der Waals surface area contributed by atoms with Crippen LogP contribution in [-0.2, 0) is 13.1 Å². The number of aryl methyl sites for hydroxylation is 1. The first-order chi connectivity index (χ1) is 8.72. The second-order valence-corrected chi connectivity index (χ2v) is 4.58. The van der Waals surface area contributed by atoms with Gasteiger partial charge in [-0.2, -0.15) is 0 Å². The zero-order valence-corrected chi connectivity index (χ0v) is 11.1. The fourth-order valence-corrected chi connectivity index (χ4v) is 2.12. The minimum atomic E-state index is -0.248. The Kier molecular flexibility index (Phi) is 4.33. The van der Waals surface area contributed by atoms with Crippen LogP contribution in [-0.4, -0.2) is 27.3 Å². The molecule has 1 heterocycles. The second-order valence-electron chi connectivity index (χ2n) is 4.58. The molecule has 0 saturated carbocycles. The number of para-hydroxylation sites is 2. The maximum atomic E-state index is 9.20. The molecule has 4 heteroatoms. The van der Waals surface area contributed by atoms with Crippen LogP contribution in [0, 0.1) is 0 Å². The summed E-state index contributed by atoms with van der Waals surface area (Å²) in [5.74, 6) is 1.06. The lowest BCUT2D eigenvalue weighted by molar-refractivity contribution is 0.183. The van der Waals surface area contributed by atoms with E-state index in [4.69, 9.17) is 0 Å². The third-order valence-corrected chi connectivity index (χ3v) is 3.07. The highest BCUT2D eigenvalue weighted by atomic mass is 16.3. The van der Waals surface area contributed by atoms with Gasteiger partial charge in [0.05, 0.1) is 23.7 Å². The van der Waals surface area contributed by atoms with Crippen LogP contribution in [0.4, 0.5) is 0 Å². The zero-order chi connectivity index (χ0) is 13.0. The van der Waals surface area contributed by atoms with E-state index in [1.807, 2.05) is 25.1 Å². The van der Waals surface area contributed by atoms with E-state index in [0.717, 1.165) is 37.4 Å². The largest absolute Gasteiger partial charge is 0.393 e. The number of nitrogens with one attached hydrogen (secondary N) is 1. The summed E-state index contributed by atoms with van der Waals surface area (Å²) in [6.07, 6.45) is 0.522. The minimum absolute atomic E-state index is 0.248. The molecule has 2 N–H and O–H groups in total. The molecule has 4 nitrogen and oxygen atoms in total. The molecule has 1 aromatic carbocycles. The lowest BCUT2D eigenvalue weighted by Gasteiger charge is -2.08. The van der Waals surface area contributed by atoms with E-state index in [1.165, 1.54) is 5.52 Å². The Balaban J connectivity index is 2.08. The van der Waals surface area contributed by atoms with E-state index in [2.05, 4.69) is 27.9 Å². The van der Waals surface area contributed by atoms with Crippen molar-refractivity contribution in [3.8, 4) is 0 Å². The molecule has 2 aromatic rings. The molecule has 0 bridgehead atoms. The van der Waals surface area contributed by atoms with Gasteiger partial charge in [-0.3, -0.25) is 0 Å². The normalized spacial score (nSPS) is 13.1. The Morgan fingerprint density at radius 1 is 1.39 bits per heavy atom. The second kappa shape index (κ2) is 5.98. The van der Waals surface area contributed by atoms with Crippen LogP contribution < -0.4 is 5.32 Å². The summed E-state index contributed by atoms with van der Waals surface area (Å²) >= 11 is 0. The maximum absolute atomic E-state index is 9.20. The highest BCUT2D eigenvalue weighted by Gasteiger charge is 2.08. The van der Waals surface area contributed by atoms with Gasteiger partial charge in [0.1, 0.15) is 5.82 Å². The van der Waals surface area contributed by atoms with Crippen molar-refractivity contribution >= 4 is 11.0 Å². The molecular weight excluding hydrogens is 226 g/mol. The molecule has 0 fully saturated rings. The van der Waals surface area contributed by atoms with Gasteiger partial charge in [0.25, 0.3) is 0 Å². The number of hydrogen-bond donors (Lipinski definition) is 2. The Morgan fingerprint density at radius 2 is 2.17 bits per heavy atom. The molecule has 1 unspecified atom stereocenters. The Morgan fingerprint density at radius 3 is 2.89 bits per heavy atom. The monoisotopic (exact) mass is 247 g/mol. The lowest BCUT2D eigenvalue weighted by Crippen LogP contribution is -2.20. The predicted molar refractivity (Wildman–Crippen MR) is 73.4 cm³/mol. The average molecular weight is 247 g/mol. The minimum Gasteiger partial charge on any atom is -0.393 e. The fourth-order valence-electron chi connectivity index (χ4n) is 2.12. The standard InChI is InChI=1S/C14H21N3O/c1-3-17-13-7-5-4-6-12(13)16-14(17)10-15-9-8-11(2)18/h4-7,11,15,18H,3,8-10H2,1-2H3. The SMILES string of the molecule is CCn1c(CNCCC(C)O)nc2ccccc21. The number of imidazole rings is 1. The van der Waals surface area contributed by atoms with Gasteiger partial charge in [0, 0.05) is 6.54 Å². The molecule has 0 spiro atoms. The van der Waals surface area contributed by atoms with Crippen molar-refractivity contribution in [3.05, 3.63) is 30.1 Å². The van der Waals surface area contributed by atoms with Crippen molar-refractivity contribution in [2.45, 2.75) is 39.5 Å². The Labute approximate surface area is 108 Å². The van der Waals surface area contributed by atoms with E-state index < -0.39 is 0 Å². The number of aromatic nitrogens is 2. The van der Waals surface area contributed by atoms with Gasteiger partial charge in [0.2, 0.25) is 0 Å². The van der Waals surface area contributed by atoms with E-state index in [-0.39, 0.29) is 6.10 Å². The van der Waals surface area contributed by atoms with Crippen LogP contribution >= 0.6 is 0 Å². The first kappa shape index (κ1) is 13.1. The van der Waals surface area contributed by atoms with Gasteiger partial charge in [-0.15, -0.1) is 0 Å². The van der Waals surface area contributed by atoms with Gasteiger partial charge in [-0.25, -0.2) is 4.98 Å². The lowest BCUT2D eigenvalue weighted by atomic mass is 10.3. The number of benzene rings is 1. The number of aliphatic hydroxyl groups is 1. The molecular formula is C14H21N3O. The smallest absolute Gasteiger partial charge is 0.123 e. The zero-order valence-electron chi connectivity index (χ0n) is 11.1. The van der Waals surface area contributed by atoms with E-state index in [0.29, 0.717) is 0 Å². The molecule has 1 atom stereocenters. The van der Waals surface area contributed by atoms with Gasteiger partial charge >= 0.3 is 0 Å². The van der Waals surface area contributed by atoms with Crippen LogP contribution in [0.25, 0.3) is 11.0 Å². The highest BCUT2D eigenvalue weighted by molar-refractivity contribution is 5.75. The van der Waals surface area contributed by atoms with E-state index in [9.17, 15) is 5.11 Å². The van der Waals surface area contributed by atoms with Gasteiger partial charge in [-0.05, 0) is 38.9 Å². The molecule has 0 radical (unpaired) electrons. The fraction of sp³-hybridized carbons (Fsp3) is 0.500. The molecule has 1 aromatic heterocycles. The summed E-state index contributed by atoms with van der Waals surface area (Å²) in [4.78, 5) is 4.64. The first-order valence-electron chi connectivity index (χ1n) is 6.55. The quantitative estimate of drug-likeness (QED) is 0.767. The van der Waals surface area contributed by atoms with Gasteiger partial charge < -0.3 is 15.0 Å². The Bertz CT molecular complexity index is 505. The number of aliphatic hydroxyl groups excluding tert-OH is 1. The molecule has 0 aliphatic heterocycles. The number of rotatable bonds is 6. The summed E-state index contributed by atoms with van der Waals surface area (Å²) in [6.45, 7) is 6.42. The van der Waals surface area contributed by atoms with Crippen molar-refractivity contribution in [2.24, 2.45) is 0 Å². The van der Waals surface area contributed by atoms with Crippen LogP contribution in [0.2, 0.25) is 0 Å².